The van der Waals surface area contributed by atoms with Crippen molar-refractivity contribution in [1.29, 1.82) is 0 Å². The zero-order valence-electron chi connectivity index (χ0n) is 14.7. The van der Waals surface area contributed by atoms with Gasteiger partial charge in [-0.05, 0) is 42.5 Å². The molecule has 0 heterocycles. The number of ether oxygens (including phenoxy) is 2. The minimum Gasteiger partial charge on any atom is -0.483 e. The smallest absolute Gasteiger partial charge is 0.262 e. The summed E-state index contributed by atoms with van der Waals surface area (Å²) in [5.41, 5.74) is 5.90. The lowest BCUT2D eigenvalue weighted by Gasteiger charge is -2.14. The minimum atomic E-state index is -0.635. The fraction of sp³-hybridized carbons (Fsp3) is 0.0476. The predicted octanol–water partition coefficient (Wildman–Crippen LogP) is 4.25. The zero-order chi connectivity index (χ0) is 19.9. The second-order valence-corrected chi connectivity index (χ2v) is 6.19. The van der Waals surface area contributed by atoms with Crippen molar-refractivity contribution in [3.05, 3.63) is 83.4 Å². The molecule has 0 saturated heterocycles. The highest BCUT2D eigenvalue weighted by atomic mass is 35.5. The van der Waals surface area contributed by atoms with Crippen molar-refractivity contribution in [2.24, 2.45) is 5.73 Å². The standard InChI is InChI=1S/C21H17ClN2O4/c22-14-10-11-19(28-15-6-2-1-3-7-15)17(12-14)24-20(25)13-27-18-9-5-4-8-16(18)21(23)26/h1-12H,13H2,(H2,23,26)(H,24,25). The molecular formula is C21H17ClN2O4. The SMILES string of the molecule is NC(=O)c1ccccc1OCC(=O)Nc1cc(Cl)ccc1Oc1ccccc1. The van der Waals surface area contributed by atoms with Crippen LogP contribution in [0.25, 0.3) is 0 Å². The second-order valence-electron chi connectivity index (χ2n) is 5.75. The lowest BCUT2D eigenvalue weighted by Crippen LogP contribution is -2.22. The summed E-state index contributed by atoms with van der Waals surface area (Å²) in [7, 11) is 0. The molecule has 142 valence electrons. The third-order valence-electron chi connectivity index (χ3n) is 3.70. The van der Waals surface area contributed by atoms with E-state index in [1.54, 1.807) is 48.5 Å². The number of hydrogen-bond acceptors (Lipinski definition) is 4. The van der Waals surface area contributed by atoms with E-state index in [1.807, 2.05) is 18.2 Å². The number of carbonyl (C=O) groups is 2. The molecule has 3 aromatic rings. The summed E-state index contributed by atoms with van der Waals surface area (Å²) in [6.07, 6.45) is 0. The van der Waals surface area contributed by atoms with Crippen LogP contribution in [0.4, 0.5) is 5.69 Å². The van der Waals surface area contributed by atoms with Crippen molar-refractivity contribution in [3.8, 4) is 17.2 Å². The first kappa shape index (κ1) is 19.3. The Kier molecular flexibility index (Phi) is 6.14. The molecule has 0 bridgehead atoms. The quantitative estimate of drug-likeness (QED) is 0.624. The first-order valence-electron chi connectivity index (χ1n) is 8.37. The molecule has 0 aliphatic rings. The lowest BCUT2D eigenvalue weighted by atomic mass is 10.2. The largest absolute Gasteiger partial charge is 0.483 e. The number of halogens is 1. The van der Waals surface area contributed by atoms with E-state index in [0.717, 1.165) is 0 Å². The molecule has 0 radical (unpaired) electrons. The maximum Gasteiger partial charge on any atom is 0.262 e. The van der Waals surface area contributed by atoms with Crippen molar-refractivity contribution >= 4 is 29.1 Å². The van der Waals surface area contributed by atoms with Gasteiger partial charge in [0.25, 0.3) is 11.8 Å². The van der Waals surface area contributed by atoms with E-state index < -0.39 is 11.8 Å². The molecular weight excluding hydrogens is 380 g/mol. The van der Waals surface area contributed by atoms with Gasteiger partial charge in [-0.25, -0.2) is 0 Å². The number of para-hydroxylation sites is 2. The summed E-state index contributed by atoms with van der Waals surface area (Å²) < 4.78 is 11.2. The Labute approximate surface area is 166 Å². The van der Waals surface area contributed by atoms with Gasteiger partial charge in [-0.2, -0.15) is 0 Å². The topological polar surface area (TPSA) is 90.7 Å². The molecule has 0 aliphatic heterocycles. The third-order valence-corrected chi connectivity index (χ3v) is 3.93. The second kappa shape index (κ2) is 8.92. The van der Waals surface area contributed by atoms with Gasteiger partial charge >= 0.3 is 0 Å². The van der Waals surface area contributed by atoms with Crippen LogP contribution in [-0.2, 0) is 4.79 Å². The fourth-order valence-electron chi connectivity index (χ4n) is 2.43. The first-order valence-corrected chi connectivity index (χ1v) is 8.74. The van der Waals surface area contributed by atoms with E-state index >= 15 is 0 Å². The van der Waals surface area contributed by atoms with Crippen LogP contribution in [0, 0.1) is 0 Å². The van der Waals surface area contributed by atoms with Crippen LogP contribution in [0.15, 0.2) is 72.8 Å². The van der Waals surface area contributed by atoms with Gasteiger partial charge in [-0.3, -0.25) is 9.59 Å². The number of primary amides is 1. The third kappa shape index (κ3) is 5.02. The molecule has 0 aliphatic carbocycles. The van der Waals surface area contributed by atoms with Crippen LogP contribution in [0.2, 0.25) is 5.02 Å². The molecule has 6 nitrogen and oxygen atoms in total. The number of anilines is 1. The van der Waals surface area contributed by atoms with Crippen molar-refractivity contribution < 1.29 is 19.1 Å². The van der Waals surface area contributed by atoms with Crippen molar-refractivity contribution in [3.63, 3.8) is 0 Å². The van der Waals surface area contributed by atoms with Crippen molar-refractivity contribution in [1.82, 2.24) is 0 Å². The Morgan fingerprint density at radius 1 is 0.929 bits per heavy atom. The number of amides is 2. The molecule has 0 fully saturated rings. The Balaban J connectivity index is 1.70. The normalized spacial score (nSPS) is 10.2. The van der Waals surface area contributed by atoms with Gasteiger partial charge < -0.3 is 20.5 Å². The van der Waals surface area contributed by atoms with Crippen LogP contribution < -0.4 is 20.5 Å². The zero-order valence-corrected chi connectivity index (χ0v) is 15.5. The highest BCUT2D eigenvalue weighted by Gasteiger charge is 2.13. The number of carbonyl (C=O) groups excluding carboxylic acids is 2. The molecule has 2 amide bonds. The van der Waals surface area contributed by atoms with E-state index in [4.69, 9.17) is 26.8 Å². The predicted molar refractivity (Wildman–Crippen MR) is 107 cm³/mol. The maximum atomic E-state index is 12.3. The van der Waals surface area contributed by atoms with Gasteiger partial charge in [-0.15, -0.1) is 0 Å². The lowest BCUT2D eigenvalue weighted by molar-refractivity contribution is -0.118. The highest BCUT2D eigenvalue weighted by Crippen LogP contribution is 2.32. The summed E-state index contributed by atoms with van der Waals surface area (Å²) in [5, 5.41) is 3.14. The van der Waals surface area contributed by atoms with Crippen LogP contribution in [0.1, 0.15) is 10.4 Å². The molecule has 3 rings (SSSR count). The number of nitrogens with two attached hydrogens (primary N) is 1. The molecule has 3 N–H and O–H groups in total. The Hall–Kier alpha value is -3.51. The fourth-order valence-corrected chi connectivity index (χ4v) is 2.60. The number of hydrogen-bond donors (Lipinski definition) is 2. The van der Waals surface area contributed by atoms with Crippen LogP contribution in [0.5, 0.6) is 17.2 Å². The Morgan fingerprint density at radius 3 is 2.39 bits per heavy atom. The molecule has 0 saturated carbocycles. The van der Waals surface area contributed by atoms with Crippen molar-refractivity contribution in [2.75, 3.05) is 11.9 Å². The first-order chi connectivity index (χ1) is 13.5. The van der Waals surface area contributed by atoms with Gasteiger partial charge in [0.1, 0.15) is 11.5 Å². The summed E-state index contributed by atoms with van der Waals surface area (Å²) in [6, 6.07) is 20.5. The molecule has 0 atom stereocenters. The minimum absolute atomic E-state index is 0.200. The monoisotopic (exact) mass is 396 g/mol. The highest BCUT2D eigenvalue weighted by molar-refractivity contribution is 6.31. The Bertz CT molecular complexity index is 993. The number of nitrogens with one attached hydrogen (secondary N) is 1. The van der Waals surface area contributed by atoms with Gasteiger partial charge in [0.15, 0.2) is 12.4 Å². The van der Waals surface area contributed by atoms with E-state index in [0.29, 0.717) is 22.2 Å². The Morgan fingerprint density at radius 2 is 1.64 bits per heavy atom. The average molecular weight is 397 g/mol. The van der Waals surface area contributed by atoms with Gasteiger partial charge in [0.2, 0.25) is 0 Å². The summed E-state index contributed by atoms with van der Waals surface area (Å²) in [6.45, 7) is -0.318. The summed E-state index contributed by atoms with van der Waals surface area (Å²) >= 11 is 6.04. The summed E-state index contributed by atoms with van der Waals surface area (Å²) in [4.78, 5) is 23.8. The van der Waals surface area contributed by atoms with Crippen LogP contribution in [0.3, 0.4) is 0 Å². The molecule has 0 spiro atoms. The number of rotatable bonds is 7. The maximum absolute atomic E-state index is 12.3. The molecule has 7 heteroatoms. The van der Waals surface area contributed by atoms with Crippen molar-refractivity contribution in [2.45, 2.75) is 0 Å². The van der Waals surface area contributed by atoms with E-state index in [-0.39, 0.29) is 17.9 Å². The molecule has 0 aromatic heterocycles. The van der Waals surface area contributed by atoms with E-state index in [1.165, 1.54) is 6.07 Å². The van der Waals surface area contributed by atoms with Crippen LogP contribution in [-0.4, -0.2) is 18.4 Å². The summed E-state index contributed by atoms with van der Waals surface area (Å²) in [5.74, 6) is 0.203. The average Bonchev–Trinajstić information content (AvgIpc) is 2.69. The van der Waals surface area contributed by atoms with Gasteiger partial charge in [0, 0.05) is 5.02 Å². The molecule has 0 unspecified atom stereocenters. The van der Waals surface area contributed by atoms with Gasteiger partial charge in [0.05, 0.1) is 11.3 Å². The van der Waals surface area contributed by atoms with Crippen LogP contribution >= 0.6 is 11.6 Å². The van der Waals surface area contributed by atoms with E-state index in [2.05, 4.69) is 5.32 Å². The number of benzene rings is 3. The van der Waals surface area contributed by atoms with E-state index in [9.17, 15) is 9.59 Å². The molecule has 3 aromatic carbocycles. The molecule has 28 heavy (non-hydrogen) atoms. The van der Waals surface area contributed by atoms with Gasteiger partial charge in [-0.1, -0.05) is 41.9 Å².